The second-order valence-corrected chi connectivity index (χ2v) is 7.85. The number of piperidine rings is 2. The Morgan fingerprint density at radius 2 is 1.86 bits per heavy atom. The number of nitrogens with zero attached hydrogens (tertiary/aromatic N) is 2. The van der Waals surface area contributed by atoms with Crippen LogP contribution in [0.25, 0.3) is 0 Å². The minimum Gasteiger partial charge on any atom is -0.338 e. The molecule has 2 aliphatic heterocycles. The predicted molar refractivity (Wildman–Crippen MR) is 87.8 cm³/mol. The summed E-state index contributed by atoms with van der Waals surface area (Å²) >= 11 is 1.55. The average Bonchev–Trinajstić information content (AvgIpc) is 3.00. The third-order valence-electron chi connectivity index (χ3n) is 4.90. The summed E-state index contributed by atoms with van der Waals surface area (Å²) in [6.07, 6.45) is 3.64. The first-order valence-electron chi connectivity index (χ1n) is 8.20. The first-order valence-corrected chi connectivity index (χ1v) is 9.08. The number of carbonyl (C=O) groups is 1. The van der Waals surface area contributed by atoms with Crippen molar-refractivity contribution in [3.8, 4) is 0 Å². The Kier molecular flexibility index (Phi) is 4.65. The molecule has 4 heteroatoms. The van der Waals surface area contributed by atoms with E-state index in [9.17, 15) is 4.79 Å². The van der Waals surface area contributed by atoms with Crippen LogP contribution in [-0.4, -0.2) is 47.9 Å². The van der Waals surface area contributed by atoms with Crippen LogP contribution >= 0.6 is 11.3 Å². The smallest absolute Gasteiger partial charge is 0.263 e. The molecule has 0 bridgehead atoms. The van der Waals surface area contributed by atoms with E-state index in [-0.39, 0.29) is 5.91 Å². The molecule has 1 amide bonds. The van der Waals surface area contributed by atoms with Crippen molar-refractivity contribution in [3.05, 3.63) is 22.4 Å². The second kappa shape index (κ2) is 6.49. The summed E-state index contributed by atoms with van der Waals surface area (Å²) in [6.45, 7) is 9.07. The molecule has 116 valence electrons. The van der Waals surface area contributed by atoms with Crippen molar-refractivity contribution in [2.75, 3.05) is 26.2 Å². The molecule has 1 aromatic rings. The lowest BCUT2D eigenvalue weighted by Gasteiger charge is -2.43. The molecular formula is C17H26N2OS. The van der Waals surface area contributed by atoms with Gasteiger partial charge in [0, 0.05) is 32.2 Å². The van der Waals surface area contributed by atoms with Gasteiger partial charge < -0.3 is 4.90 Å². The highest BCUT2D eigenvalue weighted by atomic mass is 32.1. The number of thiophene rings is 1. The lowest BCUT2D eigenvalue weighted by molar-refractivity contribution is 0.0453. The number of carbonyl (C=O) groups excluding carboxylic acids is 1. The fourth-order valence-electron chi connectivity index (χ4n) is 4.00. The van der Waals surface area contributed by atoms with Crippen LogP contribution < -0.4 is 0 Å². The Balaban J connectivity index is 1.54. The van der Waals surface area contributed by atoms with Gasteiger partial charge in [0.05, 0.1) is 4.88 Å². The first-order chi connectivity index (χ1) is 10.1. The molecule has 2 unspecified atom stereocenters. The highest BCUT2D eigenvalue weighted by molar-refractivity contribution is 7.12. The van der Waals surface area contributed by atoms with E-state index in [4.69, 9.17) is 0 Å². The Bertz CT molecular complexity index is 455. The Morgan fingerprint density at radius 1 is 1.19 bits per heavy atom. The number of likely N-dealkylation sites (tertiary alicyclic amines) is 2. The van der Waals surface area contributed by atoms with Crippen molar-refractivity contribution in [1.29, 1.82) is 0 Å². The van der Waals surface area contributed by atoms with Gasteiger partial charge in [0.25, 0.3) is 5.91 Å². The normalized spacial score (nSPS) is 28.8. The topological polar surface area (TPSA) is 23.6 Å². The van der Waals surface area contributed by atoms with Gasteiger partial charge in [-0.1, -0.05) is 19.9 Å². The van der Waals surface area contributed by atoms with E-state index in [1.807, 2.05) is 22.4 Å². The summed E-state index contributed by atoms with van der Waals surface area (Å²) in [5, 5.41) is 1.98. The van der Waals surface area contributed by atoms with Gasteiger partial charge in [-0.3, -0.25) is 9.69 Å². The van der Waals surface area contributed by atoms with E-state index in [1.54, 1.807) is 11.3 Å². The van der Waals surface area contributed by atoms with Gasteiger partial charge in [-0.05, 0) is 42.5 Å². The molecule has 0 radical (unpaired) electrons. The maximum atomic E-state index is 12.4. The van der Waals surface area contributed by atoms with Gasteiger partial charge in [0.1, 0.15) is 0 Å². The summed E-state index contributed by atoms with van der Waals surface area (Å²) < 4.78 is 0. The van der Waals surface area contributed by atoms with Crippen LogP contribution in [0.4, 0.5) is 0 Å². The maximum absolute atomic E-state index is 12.4. The standard InChI is InChI=1S/C17H26N2OS/c1-13-10-14(2)12-19(11-13)15-5-7-18(8-6-15)17(20)16-4-3-9-21-16/h3-4,9,13-15H,5-8,10-12H2,1-2H3. The molecule has 2 aliphatic rings. The molecule has 3 rings (SSSR count). The summed E-state index contributed by atoms with van der Waals surface area (Å²) in [4.78, 5) is 18.0. The van der Waals surface area contributed by atoms with E-state index in [2.05, 4.69) is 18.7 Å². The number of hydrogen-bond donors (Lipinski definition) is 0. The molecule has 0 spiro atoms. The molecule has 3 nitrogen and oxygen atoms in total. The first kappa shape index (κ1) is 15.0. The molecule has 3 heterocycles. The molecule has 0 saturated carbocycles. The molecule has 0 aromatic carbocycles. The zero-order chi connectivity index (χ0) is 14.8. The summed E-state index contributed by atoms with van der Waals surface area (Å²) in [5.74, 6) is 1.86. The van der Waals surface area contributed by atoms with Crippen LogP contribution in [0.2, 0.25) is 0 Å². The fourth-order valence-corrected chi connectivity index (χ4v) is 4.69. The molecule has 0 aliphatic carbocycles. The molecular weight excluding hydrogens is 280 g/mol. The molecule has 21 heavy (non-hydrogen) atoms. The van der Waals surface area contributed by atoms with Crippen LogP contribution in [0.3, 0.4) is 0 Å². The Morgan fingerprint density at radius 3 is 2.43 bits per heavy atom. The van der Waals surface area contributed by atoms with Crippen molar-refractivity contribution in [2.24, 2.45) is 11.8 Å². The largest absolute Gasteiger partial charge is 0.338 e. The Hall–Kier alpha value is -0.870. The van der Waals surface area contributed by atoms with E-state index in [1.165, 1.54) is 19.5 Å². The summed E-state index contributed by atoms with van der Waals surface area (Å²) in [5.41, 5.74) is 0. The van der Waals surface area contributed by atoms with Crippen molar-refractivity contribution in [2.45, 2.75) is 39.2 Å². The third kappa shape index (κ3) is 3.49. The maximum Gasteiger partial charge on any atom is 0.263 e. The highest BCUT2D eigenvalue weighted by Crippen LogP contribution is 2.27. The van der Waals surface area contributed by atoms with E-state index < -0.39 is 0 Å². The van der Waals surface area contributed by atoms with E-state index >= 15 is 0 Å². The summed E-state index contributed by atoms with van der Waals surface area (Å²) in [7, 11) is 0. The van der Waals surface area contributed by atoms with Gasteiger partial charge >= 0.3 is 0 Å². The molecule has 0 N–H and O–H groups in total. The quantitative estimate of drug-likeness (QED) is 0.837. The van der Waals surface area contributed by atoms with Crippen molar-refractivity contribution in [1.82, 2.24) is 9.80 Å². The minimum absolute atomic E-state index is 0.226. The van der Waals surface area contributed by atoms with Gasteiger partial charge in [-0.25, -0.2) is 0 Å². The zero-order valence-corrected chi connectivity index (χ0v) is 13.9. The zero-order valence-electron chi connectivity index (χ0n) is 13.1. The van der Waals surface area contributed by atoms with Crippen molar-refractivity contribution < 1.29 is 4.79 Å². The number of amides is 1. The summed E-state index contributed by atoms with van der Waals surface area (Å²) in [6, 6.07) is 4.58. The highest BCUT2D eigenvalue weighted by Gasteiger charge is 2.31. The lowest BCUT2D eigenvalue weighted by Crippen LogP contribution is -2.50. The molecule has 2 saturated heterocycles. The van der Waals surface area contributed by atoms with Crippen LogP contribution in [0.15, 0.2) is 17.5 Å². The van der Waals surface area contributed by atoms with Crippen LogP contribution in [0.5, 0.6) is 0 Å². The van der Waals surface area contributed by atoms with E-state index in [0.29, 0.717) is 6.04 Å². The van der Waals surface area contributed by atoms with Gasteiger partial charge in [0.2, 0.25) is 0 Å². The van der Waals surface area contributed by atoms with E-state index in [0.717, 1.165) is 42.6 Å². The lowest BCUT2D eigenvalue weighted by atomic mass is 9.89. The van der Waals surface area contributed by atoms with Crippen LogP contribution in [0, 0.1) is 11.8 Å². The molecule has 2 atom stereocenters. The van der Waals surface area contributed by atoms with Gasteiger partial charge in [-0.15, -0.1) is 11.3 Å². The number of rotatable bonds is 2. The monoisotopic (exact) mass is 306 g/mol. The molecule has 2 fully saturated rings. The fraction of sp³-hybridized carbons (Fsp3) is 0.706. The average molecular weight is 306 g/mol. The van der Waals surface area contributed by atoms with Crippen molar-refractivity contribution in [3.63, 3.8) is 0 Å². The second-order valence-electron chi connectivity index (χ2n) is 6.90. The Labute approximate surface area is 131 Å². The number of hydrogen-bond acceptors (Lipinski definition) is 3. The van der Waals surface area contributed by atoms with Gasteiger partial charge in [-0.2, -0.15) is 0 Å². The van der Waals surface area contributed by atoms with Crippen LogP contribution in [0.1, 0.15) is 42.8 Å². The van der Waals surface area contributed by atoms with Crippen LogP contribution in [-0.2, 0) is 0 Å². The third-order valence-corrected chi connectivity index (χ3v) is 5.76. The van der Waals surface area contributed by atoms with Crippen molar-refractivity contribution >= 4 is 17.2 Å². The predicted octanol–water partition coefficient (Wildman–Crippen LogP) is 3.33. The SMILES string of the molecule is CC1CC(C)CN(C2CCN(C(=O)c3cccs3)CC2)C1. The molecule has 1 aromatic heterocycles. The minimum atomic E-state index is 0.226. The van der Waals surface area contributed by atoms with Gasteiger partial charge in [0.15, 0.2) is 0 Å².